The van der Waals surface area contributed by atoms with Gasteiger partial charge >= 0.3 is 0 Å². The van der Waals surface area contributed by atoms with Crippen molar-refractivity contribution in [1.29, 1.82) is 0 Å². The van der Waals surface area contributed by atoms with Gasteiger partial charge in [0, 0.05) is 12.6 Å². The molecule has 1 heterocycles. The Morgan fingerprint density at radius 1 is 1.67 bits per heavy atom. The molecule has 1 fully saturated rings. The van der Waals surface area contributed by atoms with Gasteiger partial charge in [-0.2, -0.15) is 0 Å². The van der Waals surface area contributed by atoms with Crippen molar-refractivity contribution < 1.29 is 5.11 Å². The normalized spacial score (nSPS) is 24.7. The molecule has 0 aromatic heterocycles. The predicted molar refractivity (Wildman–Crippen MR) is 51.1 cm³/mol. The number of aliphatic hydroxyl groups excluding tert-OH is 1. The number of hydrogen-bond acceptors (Lipinski definition) is 2. The number of nitrogens with zero attached hydrogens (tertiary/aromatic N) is 1. The second kappa shape index (κ2) is 4.63. The van der Waals surface area contributed by atoms with Gasteiger partial charge in [-0.25, -0.2) is 0 Å². The van der Waals surface area contributed by atoms with Crippen LogP contribution in [0.2, 0.25) is 0 Å². The molecule has 1 aliphatic heterocycles. The largest absolute Gasteiger partial charge is 0.395 e. The molecule has 1 saturated heterocycles. The van der Waals surface area contributed by atoms with Crippen LogP contribution in [0.25, 0.3) is 0 Å². The van der Waals surface area contributed by atoms with E-state index in [4.69, 9.17) is 5.11 Å². The van der Waals surface area contributed by atoms with E-state index in [2.05, 4.69) is 18.4 Å². The first-order valence-corrected chi connectivity index (χ1v) is 4.79. The van der Waals surface area contributed by atoms with Gasteiger partial charge in [0.05, 0.1) is 6.61 Å². The second-order valence-corrected chi connectivity index (χ2v) is 3.55. The summed E-state index contributed by atoms with van der Waals surface area (Å²) in [6.07, 6.45) is 3.42. The maximum Gasteiger partial charge on any atom is 0.0587 e. The summed E-state index contributed by atoms with van der Waals surface area (Å²) in [5.41, 5.74) is 1.27. The van der Waals surface area contributed by atoms with E-state index in [1.165, 1.54) is 12.0 Å². The molecular formula is C10H19NO. The summed E-state index contributed by atoms with van der Waals surface area (Å²) in [7, 11) is 0. The van der Waals surface area contributed by atoms with Crippen molar-refractivity contribution in [3.05, 3.63) is 12.2 Å². The molecule has 2 heteroatoms. The van der Waals surface area contributed by atoms with E-state index in [9.17, 15) is 0 Å². The Hall–Kier alpha value is -0.340. The SMILES string of the molecule is C=C(CC)CN1CCCC1CO. The highest BCUT2D eigenvalue weighted by Gasteiger charge is 2.23. The van der Waals surface area contributed by atoms with Crippen LogP contribution >= 0.6 is 0 Å². The summed E-state index contributed by atoms with van der Waals surface area (Å²) in [6.45, 7) is 8.52. The lowest BCUT2D eigenvalue weighted by molar-refractivity contribution is 0.167. The summed E-state index contributed by atoms with van der Waals surface area (Å²) >= 11 is 0. The zero-order valence-electron chi connectivity index (χ0n) is 7.92. The van der Waals surface area contributed by atoms with Gasteiger partial charge in [0.15, 0.2) is 0 Å². The van der Waals surface area contributed by atoms with Crippen molar-refractivity contribution >= 4 is 0 Å². The minimum Gasteiger partial charge on any atom is -0.395 e. The summed E-state index contributed by atoms with van der Waals surface area (Å²) in [6, 6.07) is 0.397. The van der Waals surface area contributed by atoms with Crippen molar-refractivity contribution in [1.82, 2.24) is 4.90 Å². The Morgan fingerprint density at radius 2 is 2.42 bits per heavy atom. The lowest BCUT2D eigenvalue weighted by Crippen LogP contribution is -2.33. The average molecular weight is 169 g/mol. The lowest BCUT2D eigenvalue weighted by atomic mass is 10.2. The van der Waals surface area contributed by atoms with Gasteiger partial charge in [0.25, 0.3) is 0 Å². The molecule has 70 valence electrons. The third kappa shape index (κ3) is 2.32. The number of hydrogen-bond donors (Lipinski definition) is 1. The minimum absolute atomic E-state index is 0.303. The quantitative estimate of drug-likeness (QED) is 0.643. The first-order valence-electron chi connectivity index (χ1n) is 4.79. The fourth-order valence-electron chi connectivity index (χ4n) is 1.71. The monoisotopic (exact) mass is 169 g/mol. The van der Waals surface area contributed by atoms with Crippen LogP contribution in [-0.2, 0) is 0 Å². The predicted octanol–water partition coefficient (Wildman–Crippen LogP) is 1.41. The lowest BCUT2D eigenvalue weighted by Gasteiger charge is -2.23. The Kier molecular flexibility index (Phi) is 3.76. The molecule has 1 N–H and O–H groups in total. The van der Waals surface area contributed by atoms with Crippen LogP contribution in [0.5, 0.6) is 0 Å². The van der Waals surface area contributed by atoms with Gasteiger partial charge in [-0.3, -0.25) is 4.90 Å². The zero-order valence-corrected chi connectivity index (χ0v) is 7.92. The van der Waals surface area contributed by atoms with E-state index in [-0.39, 0.29) is 0 Å². The van der Waals surface area contributed by atoms with Crippen molar-refractivity contribution in [2.75, 3.05) is 19.7 Å². The van der Waals surface area contributed by atoms with Crippen molar-refractivity contribution in [3.63, 3.8) is 0 Å². The third-order valence-electron chi connectivity index (χ3n) is 2.64. The summed E-state index contributed by atoms with van der Waals surface area (Å²) in [5, 5.41) is 9.05. The van der Waals surface area contributed by atoms with Gasteiger partial charge < -0.3 is 5.11 Å². The Balaban J connectivity index is 2.35. The van der Waals surface area contributed by atoms with Crippen LogP contribution in [0.15, 0.2) is 12.2 Å². The van der Waals surface area contributed by atoms with Crippen LogP contribution in [0.1, 0.15) is 26.2 Å². The van der Waals surface area contributed by atoms with Crippen LogP contribution < -0.4 is 0 Å². The molecule has 1 rings (SSSR count). The smallest absolute Gasteiger partial charge is 0.0587 e. The molecule has 0 spiro atoms. The first-order chi connectivity index (χ1) is 5.77. The van der Waals surface area contributed by atoms with E-state index in [1.54, 1.807) is 0 Å². The van der Waals surface area contributed by atoms with E-state index in [0.29, 0.717) is 12.6 Å². The molecular weight excluding hydrogens is 150 g/mol. The maximum absolute atomic E-state index is 9.05. The molecule has 12 heavy (non-hydrogen) atoms. The van der Waals surface area contributed by atoms with Crippen molar-refractivity contribution in [3.8, 4) is 0 Å². The summed E-state index contributed by atoms with van der Waals surface area (Å²) in [5.74, 6) is 0. The fraction of sp³-hybridized carbons (Fsp3) is 0.800. The molecule has 1 atom stereocenters. The second-order valence-electron chi connectivity index (χ2n) is 3.55. The van der Waals surface area contributed by atoms with Gasteiger partial charge in [-0.1, -0.05) is 19.1 Å². The summed E-state index contributed by atoms with van der Waals surface area (Å²) < 4.78 is 0. The van der Waals surface area contributed by atoms with E-state index < -0.39 is 0 Å². The number of aliphatic hydroxyl groups is 1. The number of likely N-dealkylation sites (tertiary alicyclic amines) is 1. The Labute approximate surface area is 74.9 Å². The van der Waals surface area contributed by atoms with Crippen LogP contribution in [0, 0.1) is 0 Å². The topological polar surface area (TPSA) is 23.5 Å². The van der Waals surface area contributed by atoms with Crippen molar-refractivity contribution in [2.24, 2.45) is 0 Å². The minimum atomic E-state index is 0.303. The van der Waals surface area contributed by atoms with E-state index in [1.807, 2.05) is 0 Å². The molecule has 1 unspecified atom stereocenters. The standard InChI is InChI=1S/C10H19NO/c1-3-9(2)7-11-6-4-5-10(11)8-12/h10,12H,2-8H2,1H3. The molecule has 0 saturated carbocycles. The average Bonchev–Trinajstić information content (AvgIpc) is 2.51. The van der Waals surface area contributed by atoms with Gasteiger partial charge in [-0.15, -0.1) is 0 Å². The summed E-state index contributed by atoms with van der Waals surface area (Å²) in [4.78, 5) is 2.34. The Bertz CT molecular complexity index is 156. The highest BCUT2D eigenvalue weighted by Crippen LogP contribution is 2.18. The maximum atomic E-state index is 9.05. The van der Waals surface area contributed by atoms with Gasteiger partial charge in [0.1, 0.15) is 0 Å². The first kappa shape index (κ1) is 9.75. The molecule has 0 radical (unpaired) electrons. The highest BCUT2D eigenvalue weighted by molar-refractivity contribution is 4.98. The molecule has 1 aliphatic rings. The van der Waals surface area contributed by atoms with E-state index >= 15 is 0 Å². The number of rotatable bonds is 4. The highest BCUT2D eigenvalue weighted by atomic mass is 16.3. The van der Waals surface area contributed by atoms with E-state index in [0.717, 1.165) is 25.9 Å². The van der Waals surface area contributed by atoms with Crippen molar-refractivity contribution in [2.45, 2.75) is 32.2 Å². The molecule has 0 bridgehead atoms. The van der Waals surface area contributed by atoms with Gasteiger partial charge in [-0.05, 0) is 25.8 Å². The zero-order chi connectivity index (χ0) is 8.97. The van der Waals surface area contributed by atoms with Gasteiger partial charge in [0.2, 0.25) is 0 Å². The van der Waals surface area contributed by atoms with Crippen LogP contribution in [-0.4, -0.2) is 35.7 Å². The molecule has 0 amide bonds. The molecule has 2 nitrogen and oxygen atoms in total. The molecule has 0 aliphatic carbocycles. The fourth-order valence-corrected chi connectivity index (χ4v) is 1.71. The molecule has 0 aromatic rings. The Morgan fingerprint density at radius 3 is 3.00 bits per heavy atom. The molecule has 0 aromatic carbocycles. The van der Waals surface area contributed by atoms with Crippen LogP contribution in [0.3, 0.4) is 0 Å². The third-order valence-corrected chi connectivity index (χ3v) is 2.64. The van der Waals surface area contributed by atoms with Crippen LogP contribution in [0.4, 0.5) is 0 Å².